The van der Waals surface area contributed by atoms with Gasteiger partial charge in [0.1, 0.15) is 11.6 Å². The smallest absolute Gasteiger partial charge is 0.419 e. The zero-order valence-electron chi connectivity index (χ0n) is 18.0. The molecule has 3 aromatic rings. The summed E-state index contributed by atoms with van der Waals surface area (Å²) in [5, 5.41) is 15.0. The standard InChI is InChI=1S/C23H23ClF3N3O2/c1-12-28-10-14-16(29-12)6-5-7-17(14)30-20-13-8-9-15(24)19(32-4)18(13)21(2,3)11-22(20,31)23(25,26)27/h5-10,20,30-31H,11H2,1-4H3/t20-,22+/m0/s1. The fourth-order valence-corrected chi connectivity index (χ4v) is 4.96. The van der Waals surface area contributed by atoms with Gasteiger partial charge in [-0.05, 0) is 42.5 Å². The molecule has 1 aliphatic rings. The van der Waals surface area contributed by atoms with Crippen LogP contribution in [0.3, 0.4) is 0 Å². The van der Waals surface area contributed by atoms with Crippen LogP contribution in [-0.2, 0) is 5.41 Å². The number of aliphatic hydroxyl groups is 1. The number of aromatic nitrogens is 2. The second-order valence-electron chi connectivity index (χ2n) is 8.76. The van der Waals surface area contributed by atoms with E-state index in [4.69, 9.17) is 16.3 Å². The van der Waals surface area contributed by atoms with Crippen molar-refractivity contribution in [2.75, 3.05) is 12.4 Å². The predicted molar refractivity (Wildman–Crippen MR) is 117 cm³/mol. The molecule has 0 saturated carbocycles. The van der Waals surface area contributed by atoms with Gasteiger partial charge in [-0.15, -0.1) is 0 Å². The van der Waals surface area contributed by atoms with Crippen LogP contribution in [0.4, 0.5) is 18.9 Å². The number of aryl methyl sites for hydroxylation is 1. The summed E-state index contributed by atoms with van der Waals surface area (Å²) in [5.74, 6) is 0.854. The Kier molecular flexibility index (Phi) is 5.29. The molecule has 0 saturated heterocycles. The molecular formula is C23H23ClF3N3O2. The van der Waals surface area contributed by atoms with Crippen LogP contribution in [0.1, 0.15) is 43.3 Å². The van der Waals surface area contributed by atoms with Crippen molar-refractivity contribution >= 4 is 28.2 Å². The fourth-order valence-electron chi connectivity index (χ4n) is 4.72. The van der Waals surface area contributed by atoms with Gasteiger partial charge in [0.25, 0.3) is 0 Å². The molecule has 2 N–H and O–H groups in total. The van der Waals surface area contributed by atoms with Crippen molar-refractivity contribution in [3.8, 4) is 5.75 Å². The van der Waals surface area contributed by atoms with Crippen molar-refractivity contribution in [2.45, 2.75) is 50.4 Å². The summed E-state index contributed by atoms with van der Waals surface area (Å²) in [6.45, 7) is 5.02. The monoisotopic (exact) mass is 465 g/mol. The van der Waals surface area contributed by atoms with Gasteiger partial charge in [0, 0.05) is 22.8 Å². The minimum Gasteiger partial charge on any atom is -0.495 e. The Labute approximate surface area is 188 Å². The van der Waals surface area contributed by atoms with E-state index >= 15 is 0 Å². The number of nitrogens with zero attached hydrogens (tertiary/aromatic N) is 2. The van der Waals surface area contributed by atoms with E-state index in [0.717, 1.165) is 0 Å². The van der Waals surface area contributed by atoms with Crippen LogP contribution >= 0.6 is 11.6 Å². The summed E-state index contributed by atoms with van der Waals surface area (Å²) in [6.07, 6.45) is -3.92. The third-order valence-corrected chi connectivity index (χ3v) is 6.36. The average Bonchev–Trinajstić information content (AvgIpc) is 2.69. The number of alkyl halides is 3. The van der Waals surface area contributed by atoms with Gasteiger partial charge in [0.15, 0.2) is 5.60 Å². The van der Waals surface area contributed by atoms with Crippen molar-refractivity contribution in [3.63, 3.8) is 0 Å². The van der Waals surface area contributed by atoms with Crippen LogP contribution in [0.2, 0.25) is 5.02 Å². The molecule has 4 rings (SSSR count). The summed E-state index contributed by atoms with van der Waals surface area (Å²) in [4.78, 5) is 8.53. The lowest BCUT2D eigenvalue weighted by Crippen LogP contribution is -2.58. The van der Waals surface area contributed by atoms with Crippen LogP contribution in [0.5, 0.6) is 5.75 Å². The number of hydrogen-bond acceptors (Lipinski definition) is 5. The molecule has 0 bridgehead atoms. The number of nitrogens with one attached hydrogen (secondary N) is 1. The molecule has 0 unspecified atom stereocenters. The first-order chi connectivity index (χ1) is 14.9. The molecule has 1 aromatic heterocycles. The van der Waals surface area contributed by atoms with Crippen LogP contribution in [0.25, 0.3) is 10.9 Å². The first-order valence-electron chi connectivity index (χ1n) is 10.0. The van der Waals surface area contributed by atoms with E-state index in [0.29, 0.717) is 38.8 Å². The van der Waals surface area contributed by atoms with Crippen molar-refractivity contribution in [1.29, 1.82) is 0 Å². The van der Waals surface area contributed by atoms with Crippen LogP contribution in [0.15, 0.2) is 36.5 Å². The highest BCUT2D eigenvalue weighted by Gasteiger charge is 2.64. The lowest BCUT2D eigenvalue weighted by atomic mass is 9.63. The molecule has 1 aliphatic carbocycles. The summed E-state index contributed by atoms with van der Waals surface area (Å²) in [5.41, 5.74) is -2.33. The van der Waals surface area contributed by atoms with E-state index in [2.05, 4.69) is 15.3 Å². The van der Waals surface area contributed by atoms with Gasteiger partial charge < -0.3 is 15.2 Å². The summed E-state index contributed by atoms with van der Waals surface area (Å²) in [7, 11) is 1.43. The Bertz CT molecular complexity index is 1200. The number of hydrogen-bond donors (Lipinski definition) is 2. The number of benzene rings is 2. The third kappa shape index (κ3) is 3.46. The molecule has 0 aliphatic heterocycles. The van der Waals surface area contributed by atoms with Gasteiger partial charge >= 0.3 is 6.18 Å². The van der Waals surface area contributed by atoms with Crippen molar-refractivity contribution < 1.29 is 23.0 Å². The lowest BCUT2D eigenvalue weighted by Gasteiger charge is -2.49. The van der Waals surface area contributed by atoms with E-state index in [9.17, 15) is 18.3 Å². The topological polar surface area (TPSA) is 67.3 Å². The molecule has 2 atom stereocenters. The second-order valence-corrected chi connectivity index (χ2v) is 9.17. The number of fused-ring (bicyclic) bond motifs is 2. The maximum absolute atomic E-state index is 14.4. The maximum Gasteiger partial charge on any atom is 0.419 e. The molecule has 170 valence electrons. The number of methoxy groups -OCH3 is 1. The molecule has 0 spiro atoms. The molecule has 0 radical (unpaired) electrons. The van der Waals surface area contributed by atoms with Crippen LogP contribution in [-0.4, -0.2) is 34.0 Å². The highest BCUT2D eigenvalue weighted by atomic mass is 35.5. The fraction of sp³-hybridized carbons (Fsp3) is 0.391. The Morgan fingerprint density at radius 1 is 1.22 bits per heavy atom. The number of ether oxygens (including phenoxy) is 1. The first-order valence-corrected chi connectivity index (χ1v) is 10.4. The molecule has 5 nitrogen and oxygen atoms in total. The van der Waals surface area contributed by atoms with Crippen LogP contribution in [0, 0.1) is 6.92 Å². The van der Waals surface area contributed by atoms with Crippen molar-refractivity contribution in [2.24, 2.45) is 0 Å². The van der Waals surface area contributed by atoms with Gasteiger partial charge in [-0.2, -0.15) is 13.2 Å². The van der Waals surface area contributed by atoms with Gasteiger partial charge in [-0.25, -0.2) is 9.97 Å². The maximum atomic E-state index is 14.4. The van der Waals surface area contributed by atoms with Crippen molar-refractivity contribution in [1.82, 2.24) is 9.97 Å². The zero-order chi connectivity index (χ0) is 23.5. The van der Waals surface area contributed by atoms with E-state index in [1.165, 1.54) is 19.2 Å². The van der Waals surface area contributed by atoms with E-state index < -0.39 is 29.7 Å². The van der Waals surface area contributed by atoms with E-state index in [-0.39, 0.29) is 5.56 Å². The molecule has 1 heterocycles. The Morgan fingerprint density at radius 3 is 2.59 bits per heavy atom. The Morgan fingerprint density at radius 2 is 1.94 bits per heavy atom. The molecule has 0 amide bonds. The SMILES string of the molecule is COc1c(Cl)ccc2c1C(C)(C)C[C@](O)(C(F)(F)F)[C@H]2Nc1cccc2nc(C)ncc12. The van der Waals surface area contributed by atoms with Gasteiger partial charge in [-0.3, -0.25) is 0 Å². The lowest BCUT2D eigenvalue weighted by molar-refractivity contribution is -0.275. The summed E-state index contributed by atoms with van der Waals surface area (Å²) >= 11 is 6.30. The zero-order valence-corrected chi connectivity index (χ0v) is 18.8. The van der Waals surface area contributed by atoms with Gasteiger partial charge in [0.2, 0.25) is 0 Å². The van der Waals surface area contributed by atoms with Gasteiger partial charge in [-0.1, -0.05) is 37.6 Å². The average molecular weight is 466 g/mol. The first kappa shape index (κ1) is 22.6. The quantitative estimate of drug-likeness (QED) is 0.517. The van der Waals surface area contributed by atoms with Gasteiger partial charge in [0.05, 0.1) is 23.7 Å². The molecule has 32 heavy (non-hydrogen) atoms. The number of rotatable bonds is 3. The molecule has 2 aromatic carbocycles. The number of halogens is 4. The predicted octanol–water partition coefficient (Wildman–Crippen LogP) is 5.73. The summed E-state index contributed by atoms with van der Waals surface area (Å²) in [6, 6.07) is 6.59. The normalized spacial score (nSPS) is 22.5. The molecular weight excluding hydrogens is 443 g/mol. The molecule has 9 heteroatoms. The largest absolute Gasteiger partial charge is 0.495 e. The number of anilines is 1. The van der Waals surface area contributed by atoms with Crippen molar-refractivity contribution in [3.05, 3.63) is 58.5 Å². The van der Waals surface area contributed by atoms with E-state index in [1.807, 2.05) is 0 Å². The van der Waals surface area contributed by atoms with Crippen LogP contribution < -0.4 is 10.1 Å². The Balaban J connectivity index is 1.97. The molecule has 0 fully saturated rings. The minimum absolute atomic E-state index is 0.271. The highest BCUT2D eigenvalue weighted by Crippen LogP contribution is 2.57. The second kappa shape index (κ2) is 7.49. The highest BCUT2D eigenvalue weighted by molar-refractivity contribution is 6.32. The Hall–Kier alpha value is -2.58. The minimum atomic E-state index is -4.90. The summed E-state index contributed by atoms with van der Waals surface area (Å²) < 4.78 is 48.6. The third-order valence-electron chi connectivity index (χ3n) is 6.06. The van der Waals surface area contributed by atoms with E-state index in [1.54, 1.807) is 45.2 Å².